The second-order valence-electron chi connectivity index (χ2n) is 7.38. The number of hydrogen-bond donors (Lipinski definition) is 2. The van der Waals surface area contributed by atoms with Gasteiger partial charge in [0.05, 0.1) is 23.7 Å². The fraction of sp³-hybridized carbons (Fsp3) is 0.250. The van der Waals surface area contributed by atoms with Gasteiger partial charge in [-0.3, -0.25) is 9.27 Å². The number of benzene rings is 2. The van der Waals surface area contributed by atoms with Crippen molar-refractivity contribution in [2.75, 3.05) is 4.72 Å². The topological polar surface area (TPSA) is 121 Å². The van der Waals surface area contributed by atoms with Crippen molar-refractivity contribution in [1.29, 1.82) is 5.26 Å². The van der Waals surface area contributed by atoms with Gasteiger partial charge in [0, 0.05) is 15.1 Å². The van der Waals surface area contributed by atoms with Gasteiger partial charge in [0.15, 0.2) is 0 Å². The van der Waals surface area contributed by atoms with Crippen LogP contribution >= 0.6 is 27.7 Å². The normalized spacial score (nSPS) is 11.8. The van der Waals surface area contributed by atoms with E-state index in [1.54, 1.807) is 41.0 Å². The van der Waals surface area contributed by atoms with E-state index >= 15 is 0 Å². The summed E-state index contributed by atoms with van der Waals surface area (Å²) in [5, 5.41) is 13.7. The number of rotatable bonds is 8. The Labute approximate surface area is 193 Å². The van der Waals surface area contributed by atoms with Crippen molar-refractivity contribution < 1.29 is 13.0 Å². The first-order valence-corrected chi connectivity index (χ1v) is 12.3. The first-order chi connectivity index (χ1) is 14.6. The summed E-state index contributed by atoms with van der Waals surface area (Å²) < 4.78 is 35.3. The molecule has 162 valence electrons. The van der Waals surface area contributed by atoms with Gasteiger partial charge in [0.2, 0.25) is 0 Å². The highest BCUT2D eigenvalue weighted by Crippen LogP contribution is 2.32. The SMILES string of the molecule is CC(C)(C#N)c1cc(CSc2ccc(NS(=O)(=O)O)c(Br)c2)cc(Cn2cncn2)c1. The largest absolute Gasteiger partial charge is 0.357 e. The third-order valence-electron chi connectivity index (χ3n) is 4.45. The Morgan fingerprint density at radius 1 is 1.26 bits per heavy atom. The molecule has 0 bridgehead atoms. The fourth-order valence-corrected chi connectivity index (χ4v) is 4.92. The van der Waals surface area contributed by atoms with E-state index in [-0.39, 0.29) is 5.69 Å². The Bertz CT molecular complexity index is 1220. The zero-order chi connectivity index (χ0) is 22.6. The number of nitriles is 1. The molecule has 0 spiro atoms. The van der Waals surface area contributed by atoms with Crippen molar-refractivity contribution in [2.24, 2.45) is 0 Å². The molecule has 0 unspecified atom stereocenters. The molecule has 2 N–H and O–H groups in total. The summed E-state index contributed by atoms with van der Waals surface area (Å²) in [5.74, 6) is 0.650. The van der Waals surface area contributed by atoms with Crippen LogP contribution in [0.4, 0.5) is 5.69 Å². The van der Waals surface area contributed by atoms with Gasteiger partial charge in [-0.05, 0) is 64.7 Å². The van der Waals surface area contributed by atoms with Crippen LogP contribution < -0.4 is 4.72 Å². The minimum absolute atomic E-state index is 0.250. The molecule has 0 aliphatic carbocycles. The molecule has 0 saturated heterocycles. The van der Waals surface area contributed by atoms with E-state index in [4.69, 9.17) is 4.55 Å². The third kappa shape index (κ3) is 6.54. The maximum Gasteiger partial charge on any atom is 0.357 e. The van der Waals surface area contributed by atoms with E-state index in [0.29, 0.717) is 16.8 Å². The van der Waals surface area contributed by atoms with Crippen LogP contribution in [0.2, 0.25) is 0 Å². The van der Waals surface area contributed by atoms with Crippen LogP contribution in [0.1, 0.15) is 30.5 Å². The lowest BCUT2D eigenvalue weighted by Crippen LogP contribution is -2.15. The van der Waals surface area contributed by atoms with Gasteiger partial charge in [-0.1, -0.05) is 18.2 Å². The lowest BCUT2D eigenvalue weighted by atomic mass is 9.84. The highest BCUT2D eigenvalue weighted by atomic mass is 79.9. The van der Waals surface area contributed by atoms with Gasteiger partial charge in [0.25, 0.3) is 0 Å². The Kier molecular flexibility index (Phi) is 7.06. The van der Waals surface area contributed by atoms with Gasteiger partial charge in [-0.2, -0.15) is 18.8 Å². The lowest BCUT2D eigenvalue weighted by Gasteiger charge is -2.19. The van der Waals surface area contributed by atoms with Crippen LogP contribution in [-0.2, 0) is 28.0 Å². The van der Waals surface area contributed by atoms with Crippen LogP contribution in [0.5, 0.6) is 0 Å². The molecule has 31 heavy (non-hydrogen) atoms. The van der Waals surface area contributed by atoms with Crippen molar-refractivity contribution in [2.45, 2.75) is 36.5 Å². The summed E-state index contributed by atoms with van der Waals surface area (Å²) >= 11 is 4.89. The summed E-state index contributed by atoms with van der Waals surface area (Å²) in [6.45, 7) is 4.32. The van der Waals surface area contributed by atoms with Gasteiger partial charge in [-0.15, -0.1) is 11.8 Å². The number of nitrogens with one attached hydrogen (secondary N) is 1. The Hall–Kier alpha value is -2.39. The number of aromatic nitrogens is 3. The van der Waals surface area contributed by atoms with E-state index < -0.39 is 15.7 Å². The molecule has 3 aromatic rings. The number of nitrogens with zero attached hydrogens (tertiary/aromatic N) is 4. The molecule has 0 aliphatic heterocycles. The van der Waals surface area contributed by atoms with Gasteiger partial charge >= 0.3 is 10.3 Å². The van der Waals surface area contributed by atoms with Crippen LogP contribution in [0.25, 0.3) is 0 Å². The molecule has 0 fully saturated rings. The molecular weight excluding hydrogens is 502 g/mol. The van der Waals surface area contributed by atoms with Crippen LogP contribution in [-0.4, -0.2) is 27.7 Å². The highest BCUT2D eigenvalue weighted by molar-refractivity contribution is 9.10. The maximum absolute atomic E-state index is 11.0. The molecule has 0 radical (unpaired) electrons. The molecule has 0 atom stereocenters. The summed E-state index contributed by atoms with van der Waals surface area (Å²) in [7, 11) is -4.34. The number of halogens is 1. The smallest absolute Gasteiger partial charge is 0.269 e. The Balaban J connectivity index is 1.82. The summed E-state index contributed by atoms with van der Waals surface area (Å²) in [4.78, 5) is 4.89. The molecular formula is C20H20BrN5O3S2. The predicted molar refractivity (Wildman–Crippen MR) is 123 cm³/mol. The predicted octanol–water partition coefficient (Wildman–Crippen LogP) is 4.40. The summed E-state index contributed by atoms with van der Waals surface area (Å²) in [5.41, 5.74) is 2.62. The van der Waals surface area contributed by atoms with E-state index in [9.17, 15) is 13.7 Å². The minimum atomic E-state index is -4.34. The van der Waals surface area contributed by atoms with Crippen molar-refractivity contribution >= 4 is 43.7 Å². The zero-order valence-corrected chi connectivity index (χ0v) is 20.0. The molecule has 3 rings (SSSR count). The molecule has 2 aromatic carbocycles. The summed E-state index contributed by atoms with van der Waals surface area (Å²) in [6, 6.07) is 13.6. The Morgan fingerprint density at radius 2 is 2.00 bits per heavy atom. The van der Waals surface area contributed by atoms with E-state index in [1.165, 1.54) is 6.33 Å². The molecule has 1 aromatic heterocycles. The van der Waals surface area contributed by atoms with Crippen molar-refractivity contribution in [1.82, 2.24) is 14.8 Å². The van der Waals surface area contributed by atoms with Crippen LogP contribution in [0.15, 0.2) is 58.4 Å². The standard InChI is InChI=1S/C20H20BrN5O3S2/c1-20(2,11-22)16-6-14(9-26-13-23-12-24-26)5-15(7-16)10-30-17-3-4-19(18(21)8-17)25-31(27,28)29/h3-8,12-13,25H,9-10H2,1-2H3,(H,27,28,29). The highest BCUT2D eigenvalue weighted by Gasteiger charge is 2.21. The molecule has 8 nitrogen and oxygen atoms in total. The minimum Gasteiger partial charge on any atom is -0.269 e. The third-order valence-corrected chi connectivity index (χ3v) is 6.65. The van der Waals surface area contributed by atoms with Crippen LogP contribution in [0, 0.1) is 11.3 Å². The molecule has 0 amide bonds. The second-order valence-corrected chi connectivity index (χ2v) is 10.4. The quantitative estimate of drug-likeness (QED) is 0.332. The maximum atomic E-state index is 11.0. The van der Waals surface area contributed by atoms with Gasteiger partial charge in [-0.25, -0.2) is 9.67 Å². The lowest BCUT2D eigenvalue weighted by molar-refractivity contribution is 0.489. The van der Waals surface area contributed by atoms with Gasteiger partial charge < -0.3 is 0 Å². The van der Waals surface area contributed by atoms with Crippen molar-refractivity contribution in [3.63, 3.8) is 0 Å². The van der Waals surface area contributed by atoms with E-state index in [1.807, 2.05) is 30.7 Å². The van der Waals surface area contributed by atoms with E-state index in [2.05, 4.69) is 38.1 Å². The van der Waals surface area contributed by atoms with Crippen LogP contribution in [0.3, 0.4) is 0 Å². The van der Waals surface area contributed by atoms with E-state index in [0.717, 1.165) is 21.6 Å². The molecule has 0 saturated carbocycles. The zero-order valence-electron chi connectivity index (χ0n) is 16.8. The van der Waals surface area contributed by atoms with Crippen molar-refractivity contribution in [3.05, 3.63) is 70.2 Å². The fourth-order valence-electron chi connectivity index (χ4n) is 2.84. The first-order valence-electron chi connectivity index (χ1n) is 9.10. The average molecular weight is 522 g/mol. The number of thioether (sulfide) groups is 1. The summed E-state index contributed by atoms with van der Waals surface area (Å²) in [6.07, 6.45) is 3.13. The first kappa shape index (κ1) is 23.3. The monoisotopic (exact) mass is 521 g/mol. The molecule has 0 aliphatic rings. The van der Waals surface area contributed by atoms with Gasteiger partial charge in [0.1, 0.15) is 12.7 Å². The van der Waals surface area contributed by atoms with Crippen molar-refractivity contribution in [3.8, 4) is 6.07 Å². The average Bonchev–Trinajstić information content (AvgIpc) is 3.20. The Morgan fingerprint density at radius 3 is 2.61 bits per heavy atom. The molecule has 11 heteroatoms. The number of anilines is 1. The molecule has 1 heterocycles. The number of hydrogen-bond acceptors (Lipinski definition) is 6. The second kappa shape index (κ2) is 9.40.